The summed E-state index contributed by atoms with van der Waals surface area (Å²) in [5, 5.41) is 7.40. The highest BCUT2D eigenvalue weighted by molar-refractivity contribution is 6.24. The molecule has 3 rings (SSSR count). The van der Waals surface area contributed by atoms with Gasteiger partial charge in [-0.3, -0.25) is 34.2 Å². The van der Waals surface area contributed by atoms with Gasteiger partial charge in [0.15, 0.2) is 0 Å². The van der Waals surface area contributed by atoms with E-state index < -0.39 is 35.6 Å². The van der Waals surface area contributed by atoms with E-state index in [0.717, 1.165) is 4.90 Å². The van der Waals surface area contributed by atoms with Crippen molar-refractivity contribution in [1.29, 1.82) is 0 Å². The smallest absolute Gasteiger partial charge is 0.262 e. The topological polar surface area (TPSA) is 125 Å². The SMILES string of the molecule is CNC=CC(=O)Nc1ccc2c(c1)C(=O)N(C1CCC(=O)NC1=O)C2=O. The van der Waals surface area contributed by atoms with Gasteiger partial charge in [0.2, 0.25) is 17.7 Å². The van der Waals surface area contributed by atoms with E-state index >= 15 is 0 Å². The van der Waals surface area contributed by atoms with Crippen molar-refractivity contribution in [2.75, 3.05) is 12.4 Å². The van der Waals surface area contributed by atoms with Gasteiger partial charge >= 0.3 is 0 Å². The number of rotatable bonds is 4. The summed E-state index contributed by atoms with van der Waals surface area (Å²) in [6, 6.07) is 3.31. The molecule has 9 nitrogen and oxygen atoms in total. The number of nitrogens with one attached hydrogen (secondary N) is 3. The molecule has 1 saturated heterocycles. The number of anilines is 1. The Kier molecular flexibility index (Phi) is 4.53. The number of benzene rings is 1. The third kappa shape index (κ3) is 3.06. The second-order valence-electron chi connectivity index (χ2n) is 5.82. The Labute approximate surface area is 148 Å². The first kappa shape index (κ1) is 17.3. The van der Waals surface area contributed by atoms with Gasteiger partial charge in [-0.05, 0) is 24.6 Å². The van der Waals surface area contributed by atoms with Crippen molar-refractivity contribution in [1.82, 2.24) is 15.5 Å². The fourth-order valence-electron chi connectivity index (χ4n) is 2.89. The van der Waals surface area contributed by atoms with Gasteiger partial charge in [0, 0.05) is 31.4 Å². The summed E-state index contributed by atoms with van der Waals surface area (Å²) < 4.78 is 0. The Morgan fingerprint density at radius 3 is 2.62 bits per heavy atom. The quantitative estimate of drug-likeness (QED) is 0.505. The minimum Gasteiger partial charge on any atom is -0.394 e. The van der Waals surface area contributed by atoms with Crippen molar-refractivity contribution in [3.63, 3.8) is 0 Å². The van der Waals surface area contributed by atoms with Crippen molar-refractivity contribution in [2.45, 2.75) is 18.9 Å². The van der Waals surface area contributed by atoms with E-state index in [-0.39, 0.29) is 24.0 Å². The molecule has 0 bridgehead atoms. The minimum atomic E-state index is -1.02. The van der Waals surface area contributed by atoms with Gasteiger partial charge in [-0.2, -0.15) is 0 Å². The zero-order valence-electron chi connectivity index (χ0n) is 13.9. The lowest BCUT2D eigenvalue weighted by atomic mass is 10.0. The number of hydrogen-bond acceptors (Lipinski definition) is 6. The molecule has 3 N–H and O–H groups in total. The van der Waals surface area contributed by atoms with Gasteiger partial charge in [-0.1, -0.05) is 0 Å². The highest BCUT2D eigenvalue weighted by atomic mass is 16.2. The van der Waals surface area contributed by atoms with Gasteiger partial charge in [0.25, 0.3) is 11.8 Å². The summed E-state index contributed by atoms with van der Waals surface area (Å²) in [5.41, 5.74) is 0.610. The molecule has 0 aliphatic carbocycles. The lowest BCUT2D eigenvalue weighted by molar-refractivity contribution is -0.136. The number of imide groups is 2. The maximum atomic E-state index is 12.6. The minimum absolute atomic E-state index is 0.0585. The van der Waals surface area contributed by atoms with E-state index in [0.29, 0.717) is 5.69 Å². The van der Waals surface area contributed by atoms with Crippen LogP contribution in [-0.4, -0.2) is 47.5 Å². The summed E-state index contributed by atoms with van der Waals surface area (Å²) >= 11 is 0. The summed E-state index contributed by atoms with van der Waals surface area (Å²) in [4.78, 5) is 61.0. The zero-order valence-corrected chi connectivity index (χ0v) is 13.9. The Morgan fingerprint density at radius 1 is 1.19 bits per heavy atom. The van der Waals surface area contributed by atoms with Crippen LogP contribution in [0.25, 0.3) is 0 Å². The molecule has 0 saturated carbocycles. The largest absolute Gasteiger partial charge is 0.394 e. The molecule has 1 atom stereocenters. The number of hydrogen-bond donors (Lipinski definition) is 3. The second kappa shape index (κ2) is 6.79. The van der Waals surface area contributed by atoms with E-state index in [1.165, 1.54) is 30.5 Å². The number of carbonyl (C=O) groups is 5. The van der Waals surface area contributed by atoms with Crippen LogP contribution < -0.4 is 16.0 Å². The fourth-order valence-corrected chi connectivity index (χ4v) is 2.89. The second-order valence-corrected chi connectivity index (χ2v) is 5.82. The molecule has 0 radical (unpaired) electrons. The maximum Gasteiger partial charge on any atom is 0.262 e. The molecule has 1 fully saturated rings. The van der Waals surface area contributed by atoms with E-state index in [2.05, 4.69) is 16.0 Å². The van der Waals surface area contributed by atoms with E-state index in [1.54, 1.807) is 7.05 Å². The monoisotopic (exact) mass is 356 g/mol. The van der Waals surface area contributed by atoms with E-state index in [1.807, 2.05) is 0 Å². The van der Waals surface area contributed by atoms with Gasteiger partial charge in [0.1, 0.15) is 6.04 Å². The molecule has 2 aliphatic heterocycles. The summed E-state index contributed by atoms with van der Waals surface area (Å²) in [5.74, 6) is -2.71. The number of carbonyl (C=O) groups excluding carboxylic acids is 5. The predicted octanol–water partition coefficient (Wildman–Crippen LogP) is -0.241. The van der Waals surface area contributed by atoms with Crippen molar-refractivity contribution < 1.29 is 24.0 Å². The van der Waals surface area contributed by atoms with Crippen LogP contribution in [0.2, 0.25) is 0 Å². The number of fused-ring (bicyclic) bond motifs is 1. The Balaban J connectivity index is 1.84. The lowest BCUT2D eigenvalue weighted by Crippen LogP contribution is -2.54. The highest BCUT2D eigenvalue weighted by Crippen LogP contribution is 2.29. The molecule has 1 aromatic rings. The Morgan fingerprint density at radius 2 is 1.92 bits per heavy atom. The highest BCUT2D eigenvalue weighted by Gasteiger charge is 2.44. The molecule has 1 aromatic carbocycles. The first-order valence-corrected chi connectivity index (χ1v) is 7.93. The average molecular weight is 356 g/mol. The van der Waals surface area contributed by atoms with Crippen LogP contribution in [0.4, 0.5) is 5.69 Å². The molecule has 0 spiro atoms. The van der Waals surface area contributed by atoms with Gasteiger partial charge in [-0.15, -0.1) is 0 Å². The molecule has 5 amide bonds. The Bertz CT molecular complexity index is 861. The van der Waals surface area contributed by atoms with Gasteiger partial charge < -0.3 is 10.6 Å². The fraction of sp³-hybridized carbons (Fsp3) is 0.235. The summed E-state index contributed by atoms with van der Waals surface area (Å²) in [6.45, 7) is 0. The molecule has 2 aliphatic rings. The van der Waals surface area contributed by atoms with Crippen LogP contribution in [0.5, 0.6) is 0 Å². The normalized spacial score (nSPS) is 19.6. The van der Waals surface area contributed by atoms with Crippen LogP contribution in [-0.2, 0) is 14.4 Å². The summed E-state index contributed by atoms with van der Waals surface area (Å²) in [7, 11) is 1.65. The molecular formula is C17H16N4O5. The maximum absolute atomic E-state index is 12.6. The van der Waals surface area contributed by atoms with Crippen LogP contribution in [0, 0.1) is 0 Å². The molecule has 9 heteroatoms. The van der Waals surface area contributed by atoms with Crippen molar-refractivity contribution in [3.8, 4) is 0 Å². The average Bonchev–Trinajstić information content (AvgIpc) is 2.84. The summed E-state index contributed by atoms with van der Waals surface area (Å²) in [6.07, 6.45) is 2.87. The van der Waals surface area contributed by atoms with Crippen molar-refractivity contribution >= 4 is 35.2 Å². The van der Waals surface area contributed by atoms with E-state index in [9.17, 15) is 24.0 Å². The van der Waals surface area contributed by atoms with E-state index in [4.69, 9.17) is 0 Å². The number of nitrogens with zero attached hydrogens (tertiary/aromatic N) is 1. The third-order valence-corrected chi connectivity index (χ3v) is 4.11. The number of piperidine rings is 1. The molecular weight excluding hydrogens is 340 g/mol. The molecule has 1 unspecified atom stereocenters. The van der Waals surface area contributed by atoms with Crippen molar-refractivity contribution in [2.24, 2.45) is 0 Å². The van der Waals surface area contributed by atoms with Crippen LogP contribution in [0.1, 0.15) is 33.6 Å². The predicted molar refractivity (Wildman–Crippen MR) is 89.9 cm³/mol. The zero-order chi connectivity index (χ0) is 18.8. The molecule has 0 aromatic heterocycles. The van der Waals surface area contributed by atoms with Crippen LogP contribution >= 0.6 is 0 Å². The number of amides is 5. The molecule has 2 heterocycles. The standard InChI is InChI=1S/C17H16N4O5/c1-18-7-6-14(23)19-9-2-3-10-11(8-9)17(26)21(16(10)25)12-4-5-13(22)20-15(12)24/h2-3,6-8,12,18H,4-5H2,1H3,(H,19,23)(H,20,22,24). The first-order valence-electron chi connectivity index (χ1n) is 7.93. The van der Waals surface area contributed by atoms with Crippen LogP contribution in [0.15, 0.2) is 30.5 Å². The third-order valence-electron chi connectivity index (χ3n) is 4.11. The van der Waals surface area contributed by atoms with Crippen LogP contribution in [0.3, 0.4) is 0 Å². The van der Waals surface area contributed by atoms with Crippen molar-refractivity contribution in [3.05, 3.63) is 41.6 Å². The van der Waals surface area contributed by atoms with Gasteiger partial charge in [0.05, 0.1) is 11.1 Å². The molecule has 134 valence electrons. The first-order chi connectivity index (χ1) is 12.4. The molecule has 26 heavy (non-hydrogen) atoms. The van der Waals surface area contributed by atoms with Gasteiger partial charge in [-0.25, -0.2) is 0 Å². The lowest BCUT2D eigenvalue weighted by Gasteiger charge is -2.27. The Hall–Kier alpha value is -3.49.